The summed E-state index contributed by atoms with van der Waals surface area (Å²) in [6, 6.07) is 3.47. The van der Waals surface area contributed by atoms with Gasteiger partial charge in [0.05, 0.1) is 5.57 Å². The summed E-state index contributed by atoms with van der Waals surface area (Å²) >= 11 is 12.8. The Labute approximate surface area is 165 Å². The lowest BCUT2D eigenvalue weighted by Gasteiger charge is -2.25. The van der Waals surface area contributed by atoms with Gasteiger partial charge in [-0.05, 0) is 19.1 Å². The highest BCUT2D eigenvalue weighted by molar-refractivity contribution is 7.11. The smallest absolute Gasteiger partial charge is 0.434 e. The van der Waals surface area contributed by atoms with Crippen LogP contribution in [0.25, 0.3) is 0 Å². The zero-order valence-electron chi connectivity index (χ0n) is 13.4. The molecular weight excluding hydrogens is 426 g/mol. The normalized spacial score (nSPS) is 17.6. The van der Waals surface area contributed by atoms with Crippen molar-refractivity contribution in [2.75, 3.05) is 0 Å². The molecule has 1 aliphatic rings. The third-order valence-corrected chi connectivity index (χ3v) is 5.14. The number of nitrogens with one attached hydrogen (secondary N) is 1. The van der Waals surface area contributed by atoms with Gasteiger partial charge >= 0.3 is 12.1 Å². The van der Waals surface area contributed by atoms with Crippen LogP contribution in [-0.2, 0) is 11.0 Å². The van der Waals surface area contributed by atoms with Crippen molar-refractivity contribution >= 4 is 46.3 Å². The number of thiazole rings is 1. The minimum absolute atomic E-state index is 0.0128. The van der Waals surface area contributed by atoms with Gasteiger partial charge in [0.15, 0.2) is 16.5 Å². The van der Waals surface area contributed by atoms with E-state index in [-0.39, 0.29) is 27.1 Å². The summed E-state index contributed by atoms with van der Waals surface area (Å²) < 4.78 is 38.4. The van der Waals surface area contributed by atoms with E-state index in [0.717, 1.165) is 16.7 Å². The minimum atomic E-state index is -4.58. The molecule has 1 atom stereocenters. The zero-order chi connectivity index (χ0) is 19.9. The Morgan fingerprint density at radius 1 is 1.33 bits per heavy atom. The second-order valence-electron chi connectivity index (χ2n) is 5.55. The van der Waals surface area contributed by atoms with Crippen LogP contribution in [-0.4, -0.2) is 21.9 Å². The van der Waals surface area contributed by atoms with Crippen molar-refractivity contribution in [2.45, 2.75) is 19.1 Å². The quantitative estimate of drug-likeness (QED) is 0.717. The molecule has 1 aromatic carbocycles. The Morgan fingerprint density at radius 3 is 2.59 bits per heavy atom. The van der Waals surface area contributed by atoms with E-state index in [4.69, 9.17) is 23.2 Å². The van der Waals surface area contributed by atoms with Crippen LogP contribution in [0.2, 0.25) is 10.0 Å². The number of alkyl halides is 3. The lowest BCUT2D eigenvalue weighted by molar-refractivity contribution is -0.140. The molecular formula is C16H10Cl2F3N3O2S. The number of aromatic nitrogens is 1. The number of hydrogen-bond donors (Lipinski definition) is 2. The van der Waals surface area contributed by atoms with E-state index in [2.05, 4.69) is 15.3 Å². The average molecular weight is 436 g/mol. The molecule has 0 amide bonds. The number of hydrogen-bond acceptors (Lipinski definition) is 5. The second kappa shape index (κ2) is 7.14. The van der Waals surface area contributed by atoms with Gasteiger partial charge in [-0.1, -0.05) is 29.3 Å². The first-order chi connectivity index (χ1) is 12.6. The van der Waals surface area contributed by atoms with Crippen LogP contribution in [0.15, 0.2) is 39.8 Å². The molecule has 1 aromatic heterocycles. The SMILES string of the molecule is CC1=C(C(=O)O)C(c2ccc(Cl)cc2Cl)N=C(c2nc(C(F)(F)F)cs2)N1. The summed E-state index contributed by atoms with van der Waals surface area (Å²) in [6.45, 7) is 1.49. The summed E-state index contributed by atoms with van der Waals surface area (Å²) in [6.07, 6.45) is -4.58. The number of carboxylic acid groups (broad SMARTS) is 1. The maximum absolute atomic E-state index is 12.8. The Hall–Kier alpha value is -2.10. The Bertz CT molecular complexity index is 986. The molecule has 0 radical (unpaired) electrons. The number of amidine groups is 1. The largest absolute Gasteiger partial charge is 0.478 e. The molecule has 0 bridgehead atoms. The lowest BCUT2D eigenvalue weighted by atomic mass is 9.96. The van der Waals surface area contributed by atoms with Crippen LogP contribution in [0.3, 0.4) is 0 Å². The topological polar surface area (TPSA) is 74.6 Å². The zero-order valence-corrected chi connectivity index (χ0v) is 15.8. The van der Waals surface area contributed by atoms with Gasteiger partial charge in [-0.3, -0.25) is 4.99 Å². The molecule has 2 aromatic rings. The molecule has 27 heavy (non-hydrogen) atoms. The number of aliphatic imine (C=N–C) groups is 1. The number of rotatable bonds is 3. The van der Waals surface area contributed by atoms with Crippen LogP contribution in [0.1, 0.15) is 29.2 Å². The van der Waals surface area contributed by atoms with Crippen LogP contribution in [0.5, 0.6) is 0 Å². The minimum Gasteiger partial charge on any atom is -0.478 e. The molecule has 5 nitrogen and oxygen atoms in total. The van der Waals surface area contributed by atoms with E-state index in [1.165, 1.54) is 25.1 Å². The van der Waals surface area contributed by atoms with Gasteiger partial charge < -0.3 is 10.4 Å². The van der Waals surface area contributed by atoms with Crippen LogP contribution >= 0.6 is 34.5 Å². The van der Waals surface area contributed by atoms with Crippen molar-refractivity contribution in [1.82, 2.24) is 10.3 Å². The van der Waals surface area contributed by atoms with Gasteiger partial charge in [0.1, 0.15) is 6.04 Å². The molecule has 0 spiro atoms. The number of aliphatic carboxylic acids is 1. The molecule has 2 N–H and O–H groups in total. The maximum Gasteiger partial charge on any atom is 0.434 e. The van der Waals surface area contributed by atoms with Crippen LogP contribution < -0.4 is 5.32 Å². The lowest BCUT2D eigenvalue weighted by Crippen LogP contribution is -2.32. The third-order valence-electron chi connectivity index (χ3n) is 3.73. The van der Waals surface area contributed by atoms with Crippen molar-refractivity contribution in [1.29, 1.82) is 0 Å². The molecule has 3 rings (SSSR count). The van der Waals surface area contributed by atoms with E-state index in [1.54, 1.807) is 0 Å². The molecule has 142 valence electrons. The van der Waals surface area contributed by atoms with Crippen molar-refractivity contribution in [3.8, 4) is 0 Å². The van der Waals surface area contributed by atoms with Gasteiger partial charge in [0, 0.05) is 26.7 Å². The highest BCUT2D eigenvalue weighted by Crippen LogP contribution is 2.37. The number of benzene rings is 1. The van der Waals surface area contributed by atoms with Gasteiger partial charge in [-0.15, -0.1) is 11.3 Å². The maximum atomic E-state index is 12.8. The predicted octanol–water partition coefficient (Wildman–Crippen LogP) is 4.92. The Kier molecular flexibility index (Phi) is 5.20. The first-order valence-electron chi connectivity index (χ1n) is 7.35. The summed E-state index contributed by atoms with van der Waals surface area (Å²) in [5.74, 6) is -1.19. The molecule has 0 aliphatic carbocycles. The first-order valence-corrected chi connectivity index (χ1v) is 8.98. The number of carboxylic acids is 1. The van der Waals surface area contributed by atoms with E-state index < -0.39 is 23.9 Å². The molecule has 0 fully saturated rings. The summed E-state index contributed by atoms with van der Waals surface area (Å²) in [7, 11) is 0. The fraction of sp³-hybridized carbons (Fsp3) is 0.188. The molecule has 0 saturated heterocycles. The monoisotopic (exact) mass is 435 g/mol. The summed E-state index contributed by atoms with van der Waals surface area (Å²) in [5, 5.41) is 13.7. The van der Waals surface area contributed by atoms with Crippen molar-refractivity contribution in [2.24, 2.45) is 4.99 Å². The van der Waals surface area contributed by atoms with Crippen LogP contribution in [0, 0.1) is 0 Å². The molecule has 11 heteroatoms. The standard InChI is InChI=1S/C16H10Cl2F3N3O2S/c1-6-11(15(25)26)12(8-3-2-7(17)4-9(8)18)24-13(22-6)14-23-10(5-27-14)16(19,20)21/h2-5,12H,1H3,(H,22,24)(H,25,26). The molecule has 1 unspecified atom stereocenters. The van der Waals surface area contributed by atoms with Gasteiger partial charge in [0.2, 0.25) is 0 Å². The number of carbonyl (C=O) groups is 1. The summed E-state index contributed by atoms with van der Waals surface area (Å²) in [4.78, 5) is 19.5. The molecule has 2 heterocycles. The molecule has 0 saturated carbocycles. The fourth-order valence-electron chi connectivity index (χ4n) is 2.52. The fourth-order valence-corrected chi connectivity index (χ4v) is 3.81. The van der Waals surface area contributed by atoms with Gasteiger partial charge in [-0.25, -0.2) is 9.78 Å². The molecule has 1 aliphatic heterocycles. The highest BCUT2D eigenvalue weighted by Gasteiger charge is 2.36. The van der Waals surface area contributed by atoms with E-state index >= 15 is 0 Å². The number of halogens is 5. The van der Waals surface area contributed by atoms with Crippen LogP contribution in [0.4, 0.5) is 13.2 Å². The highest BCUT2D eigenvalue weighted by atomic mass is 35.5. The predicted molar refractivity (Wildman–Crippen MR) is 96.3 cm³/mol. The van der Waals surface area contributed by atoms with Crippen molar-refractivity contribution in [3.63, 3.8) is 0 Å². The van der Waals surface area contributed by atoms with E-state index in [1.807, 2.05) is 0 Å². The van der Waals surface area contributed by atoms with Gasteiger partial charge in [0.25, 0.3) is 0 Å². The summed E-state index contributed by atoms with van der Waals surface area (Å²) in [5.41, 5.74) is -0.522. The van der Waals surface area contributed by atoms with Gasteiger partial charge in [-0.2, -0.15) is 13.2 Å². The average Bonchev–Trinajstić information content (AvgIpc) is 3.04. The number of allylic oxidation sites excluding steroid dienone is 1. The van der Waals surface area contributed by atoms with E-state index in [0.29, 0.717) is 10.6 Å². The van der Waals surface area contributed by atoms with E-state index in [9.17, 15) is 23.1 Å². The third kappa shape index (κ3) is 3.95. The van der Waals surface area contributed by atoms with Crippen molar-refractivity contribution in [3.05, 3.63) is 61.2 Å². The van der Waals surface area contributed by atoms with Crippen molar-refractivity contribution < 1.29 is 23.1 Å². The number of nitrogens with zero attached hydrogens (tertiary/aromatic N) is 2. The Balaban J connectivity index is 2.10. The Morgan fingerprint density at radius 2 is 2.04 bits per heavy atom. The first kappa shape index (κ1) is 19.7. The second-order valence-corrected chi connectivity index (χ2v) is 7.25.